The van der Waals surface area contributed by atoms with Crippen LogP contribution in [-0.2, 0) is 12.8 Å². The van der Waals surface area contributed by atoms with Gasteiger partial charge in [-0.25, -0.2) is 0 Å². The zero-order chi connectivity index (χ0) is 17.8. The molecule has 0 radical (unpaired) electrons. The highest BCUT2D eigenvalue weighted by Gasteiger charge is 2.17. The van der Waals surface area contributed by atoms with Gasteiger partial charge in [0.1, 0.15) is 0 Å². The Morgan fingerprint density at radius 2 is 1.80 bits per heavy atom. The molecule has 2 aromatic rings. The van der Waals surface area contributed by atoms with E-state index in [4.69, 9.17) is 0 Å². The van der Waals surface area contributed by atoms with Gasteiger partial charge in [-0.15, -0.1) is 11.3 Å². The number of carbonyl (C=O) groups excluding carboxylic acids is 2. The highest BCUT2D eigenvalue weighted by molar-refractivity contribution is 7.14. The topological polar surface area (TPSA) is 101 Å². The summed E-state index contributed by atoms with van der Waals surface area (Å²) in [5, 5.41) is 10.8. The third-order valence-electron chi connectivity index (χ3n) is 4.08. The molecule has 1 aliphatic rings. The van der Waals surface area contributed by atoms with Crippen LogP contribution >= 0.6 is 11.3 Å². The maximum Gasteiger partial charge on any atom is 0.279 e. The molecule has 8 heteroatoms. The molecule has 1 heterocycles. The number of non-ortho nitro benzene ring substituents is 1. The van der Waals surface area contributed by atoms with Crippen LogP contribution in [0.4, 0.5) is 5.69 Å². The molecular formula is C17H17N3O4S. The number of nitrogens with one attached hydrogen (secondary N) is 2. The van der Waals surface area contributed by atoms with Gasteiger partial charge in [-0.3, -0.25) is 30.6 Å². The molecule has 25 heavy (non-hydrogen) atoms. The number of hydrogen-bond acceptors (Lipinski definition) is 5. The maximum atomic E-state index is 12.2. The summed E-state index contributed by atoms with van der Waals surface area (Å²) in [6.45, 7) is 0. The number of hydrazine groups is 1. The first-order chi connectivity index (χ1) is 12.0. The second kappa shape index (κ2) is 7.43. The summed E-state index contributed by atoms with van der Waals surface area (Å²) < 4.78 is 0. The Kier molecular flexibility index (Phi) is 5.08. The number of nitrogens with zero attached hydrogens (tertiary/aromatic N) is 1. The van der Waals surface area contributed by atoms with E-state index in [1.807, 2.05) is 6.07 Å². The third-order valence-corrected chi connectivity index (χ3v) is 5.31. The number of amides is 2. The fourth-order valence-electron chi connectivity index (χ4n) is 2.79. The minimum absolute atomic E-state index is 0.108. The highest BCUT2D eigenvalue weighted by atomic mass is 32.1. The molecule has 1 aromatic carbocycles. The van der Waals surface area contributed by atoms with E-state index in [2.05, 4.69) is 10.9 Å². The van der Waals surface area contributed by atoms with E-state index in [1.54, 1.807) is 0 Å². The fourth-order valence-corrected chi connectivity index (χ4v) is 3.94. The van der Waals surface area contributed by atoms with E-state index in [0.717, 1.165) is 31.7 Å². The van der Waals surface area contributed by atoms with Crippen LogP contribution in [0, 0.1) is 10.1 Å². The van der Waals surface area contributed by atoms with Crippen molar-refractivity contribution in [3.05, 3.63) is 61.3 Å². The lowest BCUT2D eigenvalue weighted by Crippen LogP contribution is -2.41. The Hall–Kier alpha value is -2.74. The van der Waals surface area contributed by atoms with Crippen LogP contribution in [0.3, 0.4) is 0 Å². The average Bonchev–Trinajstić information content (AvgIpc) is 2.90. The molecule has 0 spiro atoms. The molecule has 1 aromatic heterocycles. The first-order valence-corrected chi connectivity index (χ1v) is 8.83. The lowest BCUT2D eigenvalue weighted by Gasteiger charge is -2.06. The maximum absolute atomic E-state index is 12.2. The molecule has 0 unspecified atom stereocenters. The molecular weight excluding hydrogens is 342 g/mol. The van der Waals surface area contributed by atoms with Crippen molar-refractivity contribution in [1.82, 2.24) is 10.9 Å². The molecule has 0 atom stereocenters. The monoisotopic (exact) mass is 359 g/mol. The van der Waals surface area contributed by atoms with Gasteiger partial charge in [0, 0.05) is 22.6 Å². The summed E-state index contributed by atoms with van der Waals surface area (Å²) in [7, 11) is 0. The van der Waals surface area contributed by atoms with Crippen molar-refractivity contribution in [3.8, 4) is 0 Å². The fraction of sp³-hybridized carbons (Fsp3) is 0.294. The van der Waals surface area contributed by atoms with Crippen molar-refractivity contribution in [3.63, 3.8) is 0 Å². The number of nitro groups is 1. The number of carbonyl (C=O) groups is 2. The highest BCUT2D eigenvalue weighted by Crippen LogP contribution is 2.28. The van der Waals surface area contributed by atoms with Crippen LogP contribution in [0.1, 0.15) is 49.7 Å². The van der Waals surface area contributed by atoms with Gasteiger partial charge in [0.05, 0.1) is 9.80 Å². The van der Waals surface area contributed by atoms with Gasteiger partial charge >= 0.3 is 0 Å². The summed E-state index contributed by atoms with van der Waals surface area (Å²) in [5.41, 5.74) is 5.82. The van der Waals surface area contributed by atoms with Crippen LogP contribution in [0.5, 0.6) is 0 Å². The quantitative estimate of drug-likeness (QED) is 0.500. The SMILES string of the molecule is O=C(NNC(=O)c1cc2c(s1)CCCCC2)c1cccc([N+](=O)[O-])c1. The first-order valence-electron chi connectivity index (χ1n) is 8.01. The van der Waals surface area contributed by atoms with Gasteiger partial charge in [-0.1, -0.05) is 12.5 Å². The van der Waals surface area contributed by atoms with Crippen molar-refractivity contribution in [2.45, 2.75) is 32.1 Å². The van der Waals surface area contributed by atoms with Crippen molar-refractivity contribution < 1.29 is 14.5 Å². The van der Waals surface area contributed by atoms with Crippen molar-refractivity contribution >= 4 is 28.8 Å². The van der Waals surface area contributed by atoms with Gasteiger partial charge in [-0.05, 0) is 43.4 Å². The lowest BCUT2D eigenvalue weighted by molar-refractivity contribution is -0.384. The molecule has 0 fully saturated rings. The minimum Gasteiger partial charge on any atom is -0.267 e. The standard InChI is InChI=1S/C17H17N3O4S/c21-16(12-6-4-7-13(9-12)20(23)24)18-19-17(22)15-10-11-5-2-1-3-8-14(11)25-15/h4,6-7,9-10H,1-3,5,8H2,(H,18,21)(H,19,22). The summed E-state index contributed by atoms with van der Waals surface area (Å²) in [6.07, 6.45) is 5.46. The third kappa shape index (κ3) is 4.03. The minimum atomic E-state index is -0.602. The predicted molar refractivity (Wildman–Crippen MR) is 93.6 cm³/mol. The van der Waals surface area contributed by atoms with Gasteiger partial charge in [0.25, 0.3) is 17.5 Å². The van der Waals surface area contributed by atoms with E-state index in [1.165, 1.54) is 46.4 Å². The van der Waals surface area contributed by atoms with E-state index in [-0.39, 0.29) is 17.2 Å². The van der Waals surface area contributed by atoms with Gasteiger partial charge in [-0.2, -0.15) is 0 Å². The Labute approximate surface area is 148 Å². The molecule has 1 aliphatic carbocycles. The number of rotatable bonds is 3. The Balaban J connectivity index is 1.63. The number of fused-ring (bicyclic) bond motifs is 1. The Morgan fingerprint density at radius 1 is 1.04 bits per heavy atom. The molecule has 7 nitrogen and oxygen atoms in total. The zero-order valence-electron chi connectivity index (χ0n) is 13.4. The number of thiophene rings is 1. The molecule has 130 valence electrons. The van der Waals surface area contributed by atoms with Crippen LogP contribution < -0.4 is 10.9 Å². The zero-order valence-corrected chi connectivity index (χ0v) is 14.2. The second-order valence-electron chi connectivity index (χ2n) is 5.84. The number of hydrogen-bond donors (Lipinski definition) is 2. The summed E-state index contributed by atoms with van der Waals surface area (Å²) in [4.78, 5) is 36.3. The summed E-state index contributed by atoms with van der Waals surface area (Å²) in [5.74, 6) is -0.980. The Bertz CT molecular complexity index is 808. The van der Waals surface area contributed by atoms with Crippen LogP contribution in [0.2, 0.25) is 0 Å². The lowest BCUT2D eigenvalue weighted by atomic mass is 10.1. The van der Waals surface area contributed by atoms with Crippen LogP contribution in [0.15, 0.2) is 30.3 Å². The average molecular weight is 359 g/mol. The van der Waals surface area contributed by atoms with Gasteiger partial charge < -0.3 is 0 Å². The van der Waals surface area contributed by atoms with Crippen molar-refractivity contribution in [2.75, 3.05) is 0 Å². The predicted octanol–water partition coefficient (Wildman–Crippen LogP) is 3.00. The van der Waals surface area contributed by atoms with E-state index < -0.39 is 10.8 Å². The number of benzene rings is 1. The molecule has 0 bridgehead atoms. The van der Waals surface area contributed by atoms with Gasteiger partial charge in [0.2, 0.25) is 0 Å². The molecule has 2 amide bonds. The summed E-state index contributed by atoms with van der Waals surface area (Å²) in [6, 6.07) is 7.22. The van der Waals surface area contributed by atoms with E-state index in [9.17, 15) is 19.7 Å². The molecule has 2 N–H and O–H groups in total. The van der Waals surface area contributed by atoms with Crippen molar-refractivity contribution in [2.24, 2.45) is 0 Å². The van der Waals surface area contributed by atoms with Gasteiger partial charge in [0.15, 0.2) is 0 Å². The number of nitro benzene ring substituents is 1. The number of aryl methyl sites for hydroxylation is 2. The normalized spacial score (nSPS) is 13.4. The molecule has 3 rings (SSSR count). The summed E-state index contributed by atoms with van der Waals surface area (Å²) >= 11 is 1.46. The second-order valence-corrected chi connectivity index (χ2v) is 6.97. The Morgan fingerprint density at radius 3 is 2.60 bits per heavy atom. The van der Waals surface area contributed by atoms with Crippen molar-refractivity contribution in [1.29, 1.82) is 0 Å². The smallest absolute Gasteiger partial charge is 0.267 e. The van der Waals surface area contributed by atoms with E-state index >= 15 is 0 Å². The first kappa shape index (κ1) is 17.1. The molecule has 0 aliphatic heterocycles. The molecule has 0 saturated heterocycles. The largest absolute Gasteiger partial charge is 0.279 e. The van der Waals surface area contributed by atoms with Crippen LogP contribution in [-0.4, -0.2) is 16.7 Å². The van der Waals surface area contributed by atoms with E-state index in [0.29, 0.717) is 4.88 Å². The molecule has 0 saturated carbocycles. The van der Waals surface area contributed by atoms with Crippen LogP contribution in [0.25, 0.3) is 0 Å².